The Hall–Kier alpha value is -1.39. The molecule has 0 saturated carbocycles. The number of carbonyl (C=O) groups is 1. The summed E-state index contributed by atoms with van der Waals surface area (Å²) < 4.78 is 0. The van der Waals surface area contributed by atoms with Gasteiger partial charge in [0.25, 0.3) is 0 Å². The van der Waals surface area contributed by atoms with E-state index in [9.17, 15) is 4.79 Å². The van der Waals surface area contributed by atoms with Gasteiger partial charge in [-0.1, -0.05) is 51.1 Å². The molecule has 2 N–H and O–H groups in total. The quantitative estimate of drug-likeness (QED) is 0.840. The first-order valence-corrected chi connectivity index (χ1v) is 8.82. The Labute approximate surface area is 140 Å². The maximum Gasteiger partial charge on any atom is 0.239 e. The maximum atomic E-state index is 12.4. The first-order valence-electron chi connectivity index (χ1n) is 8.82. The summed E-state index contributed by atoms with van der Waals surface area (Å²) in [6, 6.07) is 10.2. The first-order chi connectivity index (χ1) is 11.0. The normalized spacial score (nSPS) is 19.6. The van der Waals surface area contributed by atoms with E-state index in [1.807, 2.05) is 18.7 Å². The van der Waals surface area contributed by atoms with Crippen molar-refractivity contribution in [2.75, 3.05) is 26.2 Å². The van der Waals surface area contributed by atoms with Crippen LogP contribution in [0.25, 0.3) is 0 Å². The zero-order chi connectivity index (χ0) is 16.8. The molecular weight excluding hydrogens is 286 g/mol. The lowest BCUT2D eigenvalue weighted by Gasteiger charge is -2.26. The fourth-order valence-corrected chi connectivity index (χ4v) is 3.19. The van der Waals surface area contributed by atoms with Gasteiger partial charge in [0.1, 0.15) is 0 Å². The highest BCUT2D eigenvalue weighted by atomic mass is 16.2. The summed E-state index contributed by atoms with van der Waals surface area (Å²) in [5.41, 5.74) is 7.36. The minimum atomic E-state index is -0.361. The molecule has 1 aliphatic rings. The number of carbonyl (C=O) groups excluding carboxylic acids is 1. The van der Waals surface area contributed by atoms with Gasteiger partial charge in [0.2, 0.25) is 5.91 Å². The summed E-state index contributed by atoms with van der Waals surface area (Å²) in [5.74, 6) is 0.877. The molecule has 4 heteroatoms. The van der Waals surface area contributed by atoms with E-state index in [0.29, 0.717) is 5.92 Å². The fourth-order valence-electron chi connectivity index (χ4n) is 3.19. The molecule has 2 rings (SSSR count). The lowest BCUT2D eigenvalue weighted by Crippen LogP contribution is -2.45. The van der Waals surface area contributed by atoms with Gasteiger partial charge < -0.3 is 10.6 Å². The number of rotatable bonds is 7. The molecule has 1 aliphatic heterocycles. The van der Waals surface area contributed by atoms with Gasteiger partial charge in [-0.05, 0) is 30.4 Å². The maximum absolute atomic E-state index is 12.4. The predicted octanol–water partition coefficient (Wildman–Crippen LogP) is 2.34. The van der Waals surface area contributed by atoms with E-state index in [0.717, 1.165) is 39.1 Å². The van der Waals surface area contributed by atoms with Gasteiger partial charge in [-0.25, -0.2) is 0 Å². The van der Waals surface area contributed by atoms with Crippen LogP contribution < -0.4 is 5.73 Å². The van der Waals surface area contributed by atoms with E-state index in [1.165, 1.54) is 5.56 Å². The highest BCUT2D eigenvalue weighted by Gasteiger charge is 2.31. The highest BCUT2D eigenvalue weighted by molar-refractivity contribution is 5.82. The molecular formula is C19H31N3O. The van der Waals surface area contributed by atoms with Crippen LogP contribution in [0.1, 0.15) is 32.8 Å². The zero-order valence-corrected chi connectivity index (χ0v) is 14.7. The molecule has 1 heterocycles. The van der Waals surface area contributed by atoms with Gasteiger partial charge in [-0.3, -0.25) is 9.69 Å². The van der Waals surface area contributed by atoms with Crippen molar-refractivity contribution in [2.45, 2.75) is 39.8 Å². The molecule has 1 amide bonds. The van der Waals surface area contributed by atoms with Crippen molar-refractivity contribution in [1.29, 1.82) is 0 Å². The molecule has 0 aromatic heterocycles. The van der Waals surface area contributed by atoms with E-state index in [-0.39, 0.29) is 17.9 Å². The predicted molar refractivity (Wildman–Crippen MR) is 94.9 cm³/mol. The van der Waals surface area contributed by atoms with Gasteiger partial charge in [-0.2, -0.15) is 0 Å². The average molecular weight is 317 g/mol. The van der Waals surface area contributed by atoms with Crippen LogP contribution >= 0.6 is 0 Å². The monoisotopic (exact) mass is 317 g/mol. The third kappa shape index (κ3) is 5.05. The number of nitrogens with zero attached hydrogens (tertiary/aromatic N) is 2. The number of benzene rings is 1. The van der Waals surface area contributed by atoms with Crippen molar-refractivity contribution in [3.8, 4) is 0 Å². The Morgan fingerprint density at radius 2 is 2.04 bits per heavy atom. The van der Waals surface area contributed by atoms with E-state index in [1.54, 1.807) is 0 Å². The van der Waals surface area contributed by atoms with Crippen LogP contribution in [-0.2, 0) is 11.3 Å². The number of nitrogens with two attached hydrogens (primary N) is 1. The molecule has 0 aliphatic carbocycles. The summed E-state index contributed by atoms with van der Waals surface area (Å²) >= 11 is 0. The largest absolute Gasteiger partial charge is 0.341 e. The Morgan fingerprint density at radius 1 is 1.35 bits per heavy atom. The molecule has 23 heavy (non-hydrogen) atoms. The molecule has 1 fully saturated rings. The Bertz CT molecular complexity index is 489. The van der Waals surface area contributed by atoms with E-state index in [2.05, 4.69) is 42.2 Å². The van der Waals surface area contributed by atoms with Crippen molar-refractivity contribution in [3.05, 3.63) is 35.9 Å². The van der Waals surface area contributed by atoms with Crippen LogP contribution in [0.2, 0.25) is 0 Å². The summed E-state index contributed by atoms with van der Waals surface area (Å²) in [5, 5.41) is 0. The average Bonchev–Trinajstić information content (AvgIpc) is 3.02. The molecule has 1 saturated heterocycles. The van der Waals surface area contributed by atoms with Gasteiger partial charge in [0.05, 0.1) is 6.04 Å². The van der Waals surface area contributed by atoms with Gasteiger partial charge in [0, 0.05) is 26.2 Å². The molecule has 1 aromatic carbocycles. The topological polar surface area (TPSA) is 49.6 Å². The fraction of sp³-hybridized carbons (Fsp3) is 0.632. The van der Waals surface area contributed by atoms with E-state index >= 15 is 0 Å². The van der Waals surface area contributed by atoms with Crippen molar-refractivity contribution in [3.63, 3.8) is 0 Å². The smallest absolute Gasteiger partial charge is 0.239 e. The lowest BCUT2D eigenvalue weighted by atomic mass is 10.0. The second kappa shape index (κ2) is 8.46. The number of likely N-dealkylation sites (tertiary alicyclic amines) is 1. The van der Waals surface area contributed by atoms with Gasteiger partial charge >= 0.3 is 0 Å². The standard InChI is InChI=1S/C19H31N3O/c1-4-21(12-16-8-6-5-7-9-16)13-17-10-11-22(14-17)19(23)18(20)15(2)3/h5-9,15,17-18H,4,10-14,20H2,1-3H3/t17-,18-/m0/s1. The zero-order valence-electron chi connectivity index (χ0n) is 14.7. The Balaban J connectivity index is 1.85. The summed E-state index contributed by atoms with van der Waals surface area (Å²) in [7, 11) is 0. The van der Waals surface area contributed by atoms with Crippen molar-refractivity contribution < 1.29 is 4.79 Å². The highest BCUT2D eigenvalue weighted by Crippen LogP contribution is 2.20. The van der Waals surface area contributed by atoms with E-state index in [4.69, 9.17) is 5.73 Å². The van der Waals surface area contributed by atoms with Gasteiger partial charge in [0.15, 0.2) is 0 Å². The minimum Gasteiger partial charge on any atom is -0.341 e. The SMILES string of the molecule is CCN(Cc1ccccc1)C[C@@H]1CCN(C(=O)[C@@H](N)C(C)C)C1. The first kappa shape index (κ1) is 18.0. The van der Waals surface area contributed by atoms with Crippen LogP contribution in [0.5, 0.6) is 0 Å². The van der Waals surface area contributed by atoms with Crippen LogP contribution in [0, 0.1) is 11.8 Å². The summed E-state index contributed by atoms with van der Waals surface area (Å²) in [6.45, 7) is 11.0. The molecule has 2 atom stereocenters. The molecule has 0 spiro atoms. The van der Waals surface area contributed by atoms with Crippen molar-refractivity contribution >= 4 is 5.91 Å². The number of amides is 1. The molecule has 128 valence electrons. The van der Waals surface area contributed by atoms with Crippen molar-refractivity contribution in [1.82, 2.24) is 9.80 Å². The number of hydrogen-bond acceptors (Lipinski definition) is 3. The van der Waals surface area contributed by atoms with Crippen LogP contribution in [0.15, 0.2) is 30.3 Å². The molecule has 0 bridgehead atoms. The molecule has 0 radical (unpaired) electrons. The Morgan fingerprint density at radius 3 is 2.65 bits per heavy atom. The van der Waals surface area contributed by atoms with Gasteiger partial charge in [-0.15, -0.1) is 0 Å². The van der Waals surface area contributed by atoms with Crippen LogP contribution in [0.3, 0.4) is 0 Å². The summed E-state index contributed by atoms with van der Waals surface area (Å²) in [6.07, 6.45) is 1.09. The van der Waals surface area contributed by atoms with Crippen LogP contribution in [-0.4, -0.2) is 47.9 Å². The molecule has 1 aromatic rings. The summed E-state index contributed by atoms with van der Waals surface area (Å²) in [4.78, 5) is 16.8. The van der Waals surface area contributed by atoms with E-state index < -0.39 is 0 Å². The lowest BCUT2D eigenvalue weighted by molar-refractivity contribution is -0.132. The third-order valence-electron chi connectivity index (χ3n) is 4.81. The Kier molecular flexibility index (Phi) is 6.60. The van der Waals surface area contributed by atoms with Crippen LogP contribution in [0.4, 0.5) is 0 Å². The number of hydrogen-bond donors (Lipinski definition) is 1. The van der Waals surface area contributed by atoms with Crippen molar-refractivity contribution in [2.24, 2.45) is 17.6 Å². The second-order valence-electron chi connectivity index (χ2n) is 7.02. The molecule has 4 nitrogen and oxygen atoms in total. The third-order valence-corrected chi connectivity index (χ3v) is 4.81. The molecule has 0 unspecified atom stereocenters. The minimum absolute atomic E-state index is 0.119. The second-order valence-corrected chi connectivity index (χ2v) is 7.02.